The van der Waals surface area contributed by atoms with Gasteiger partial charge in [-0.2, -0.15) is 0 Å². The number of halogens is 1. The van der Waals surface area contributed by atoms with Crippen LogP contribution in [0.5, 0.6) is 0 Å². The summed E-state index contributed by atoms with van der Waals surface area (Å²) in [5, 5.41) is 3.16. The Bertz CT molecular complexity index is 313. The Morgan fingerprint density at radius 2 is 2.27 bits per heavy atom. The number of amides is 1. The van der Waals surface area contributed by atoms with Crippen LogP contribution in [0.1, 0.15) is 23.2 Å². The molecule has 82 valence electrons. The smallest absolute Gasteiger partial charge is 0.252 e. The van der Waals surface area contributed by atoms with Crippen molar-refractivity contribution in [2.24, 2.45) is 5.73 Å². The molecular formula is C10H14ClN3O. The third-order valence-corrected chi connectivity index (χ3v) is 2.13. The van der Waals surface area contributed by atoms with Gasteiger partial charge in [0, 0.05) is 12.7 Å². The van der Waals surface area contributed by atoms with Crippen molar-refractivity contribution in [1.29, 1.82) is 0 Å². The minimum absolute atomic E-state index is 0.129. The summed E-state index contributed by atoms with van der Waals surface area (Å²) < 4.78 is 0. The van der Waals surface area contributed by atoms with Crippen LogP contribution in [0.4, 0.5) is 0 Å². The van der Waals surface area contributed by atoms with Crippen molar-refractivity contribution in [2.75, 3.05) is 13.1 Å². The molecule has 0 atom stereocenters. The van der Waals surface area contributed by atoms with Crippen LogP contribution in [-0.4, -0.2) is 24.0 Å². The van der Waals surface area contributed by atoms with Crippen LogP contribution < -0.4 is 11.1 Å². The molecule has 1 rings (SSSR count). The number of pyridine rings is 1. The molecule has 0 unspecified atom stereocenters. The van der Waals surface area contributed by atoms with Gasteiger partial charge in [0.25, 0.3) is 5.91 Å². The molecule has 0 aliphatic rings. The number of carbonyl (C=O) groups is 1. The molecule has 0 fully saturated rings. The van der Waals surface area contributed by atoms with E-state index in [9.17, 15) is 4.79 Å². The molecule has 4 nitrogen and oxygen atoms in total. The molecule has 15 heavy (non-hydrogen) atoms. The Hall–Kier alpha value is -1.13. The number of nitrogens with two attached hydrogens (primary N) is 1. The molecular weight excluding hydrogens is 214 g/mol. The molecule has 0 aliphatic carbocycles. The van der Waals surface area contributed by atoms with Gasteiger partial charge in [-0.3, -0.25) is 4.79 Å². The molecule has 3 N–H and O–H groups in total. The largest absolute Gasteiger partial charge is 0.352 e. The second-order valence-electron chi connectivity index (χ2n) is 3.12. The lowest BCUT2D eigenvalue weighted by Crippen LogP contribution is -2.24. The fourth-order valence-electron chi connectivity index (χ4n) is 1.08. The van der Waals surface area contributed by atoms with Gasteiger partial charge in [0.1, 0.15) is 5.15 Å². The summed E-state index contributed by atoms with van der Waals surface area (Å²) >= 11 is 5.61. The van der Waals surface area contributed by atoms with Crippen LogP contribution in [0.3, 0.4) is 0 Å². The number of carbonyl (C=O) groups excluding carboxylic acids is 1. The van der Waals surface area contributed by atoms with Gasteiger partial charge >= 0.3 is 0 Å². The summed E-state index contributed by atoms with van der Waals surface area (Å²) in [6.45, 7) is 1.29. The molecule has 1 aromatic heterocycles. The van der Waals surface area contributed by atoms with Crippen LogP contribution in [0, 0.1) is 0 Å². The van der Waals surface area contributed by atoms with Crippen molar-refractivity contribution in [2.45, 2.75) is 12.8 Å². The predicted octanol–water partition coefficient (Wildman–Crippen LogP) is 1.20. The molecule has 0 radical (unpaired) electrons. The molecule has 0 aliphatic heterocycles. The third kappa shape index (κ3) is 4.27. The Kier molecular flexibility index (Phi) is 5.07. The number of nitrogens with zero attached hydrogens (tertiary/aromatic N) is 1. The molecule has 0 spiro atoms. The Balaban J connectivity index is 2.37. The zero-order valence-corrected chi connectivity index (χ0v) is 9.13. The SMILES string of the molecule is NCCCCNC(=O)c1ccc(Cl)nc1. The zero-order chi connectivity index (χ0) is 11.1. The van der Waals surface area contributed by atoms with Crippen molar-refractivity contribution in [1.82, 2.24) is 10.3 Å². The second kappa shape index (κ2) is 6.37. The molecule has 0 aromatic carbocycles. The maximum Gasteiger partial charge on any atom is 0.252 e. The van der Waals surface area contributed by atoms with Gasteiger partial charge in [-0.05, 0) is 31.5 Å². The summed E-state index contributed by atoms with van der Waals surface area (Å²) in [4.78, 5) is 15.3. The van der Waals surface area contributed by atoms with Gasteiger partial charge in [-0.25, -0.2) is 4.98 Å². The Morgan fingerprint density at radius 3 is 2.87 bits per heavy atom. The van der Waals surface area contributed by atoms with E-state index in [1.807, 2.05) is 0 Å². The fraction of sp³-hybridized carbons (Fsp3) is 0.400. The molecule has 1 heterocycles. The van der Waals surface area contributed by atoms with Crippen molar-refractivity contribution in [3.63, 3.8) is 0 Å². The number of unbranched alkanes of at least 4 members (excludes halogenated alkanes) is 1. The maximum absolute atomic E-state index is 11.5. The highest BCUT2D eigenvalue weighted by Crippen LogP contribution is 2.04. The summed E-state index contributed by atoms with van der Waals surface area (Å²) in [6, 6.07) is 3.24. The van der Waals surface area contributed by atoms with Gasteiger partial charge < -0.3 is 11.1 Å². The lowest BCUT2D eigenvalue weighted by molar-refractivity contribution is 0.0952. The first-order chi connectivity index (χ1) is 7.24. The molecule has 1 amide bonds. The monoisotopic (exact) mass is 227 g/mol. The van der Waals surface area contributed by atoms with Gasteiger partial charge in [-0.15, -0.1) is 0 Å². The van der Waals surface area contributed by atoms with E-state index in [2.05, 4.69) is 10.3 Å². The van der Waals surface area contributed by atoms with Crippen molar-refractivity contribution >= 4 is 17.5 Å². The van der Waals surface area contributed by atoms with E-state index in [1.165, 1.54) is 6.20 Å². The Morgan fingerprint density at radius 1 is 1.47 bits per heavy atom. The molecule has 0 saturated carbocycles. The van der Waals surface area contributed by atoms with E-state index in [0.29, 0.717) is 23.8 Å². The van der Waals surface area contributed by atoms with Gasteiger partial charge in [0.05, 0.1) is 5.56 Å². The highest BCUT2D eigenvalue weighted by molar-refractivity contribution is 6.29. The second-order valence-corrected chi connectivity index (χ2v) is 3.51. The topological polar surface area (TPSA) is 68.0 Å². The first kappa shape index (κ1) is 11.9. The molecule has 5 heteroatoms. The first-order valence-electron chi connectivity index (χ1n) is 4.84. The van der Waals surface area contributed by atoms with E-state index in [0.717, 1.165) is 12.8 Å². The highest BCUT2D eigenvalue weighted by Gasteiger charge is 2.04. The van der Waals surface area contributed by atoms with Crippen LogP contribution in [0.2, 0.25) is 5.15 Å². The van der Waals surface area contributed by atoms with E-state index in [4.69, 9.17) is 17.3 Å². The number of hydrogen-bond acceptors (Lipinski definition) is 3. The van der Waals surface area contributed by atoms with Crippen LogP contribution in [0.25, 0.3) is 0 Å². The number of nitrogens with one attached hydrogen (secondary N) is 1. The average molecular weight is 228 g/mol. The molecule has 1 aromatic rings. The van der Waals surface area contributed by atoms with E-state index < -0.39 is 0 Å². The van der Waals surface area contributed by atoms with E-state index in [-0.39, 0.29) is 5.91 Å². The van der Waals surface area contributed by atoms with Gasteiger partial charge in [0.2, 0.25) is 0 Å². The first-order valence-corrected chi connectivity index (χ1v) is 5.21. The lowest BCUT2D eigenvalue weighted by Gasteiger charge is -2.03. The summed E-state index contributed by atoms with van der Waals surface area (Å²) in [7, 11) is 0. The van der Waals surface area contributed by atoms with Gasteiger partial charge in [0.15, 0.2) is 0 Å². The molecule has 0 saturated heterocycles. The van der Waals surface area contributed by atoms with E-state index >= 15 is 0 Å². The normalized spacial score (nSPS) is 10.0. The highest BCUT2D eigenvalue weighted by atomic mass is 35.5. The summed E-state index contributed by atoms with van der Waals surface area (Å²) in [6.07, 6.45) is 3.27. The summed E-state index contributed by atoms with van der Waals surface area (Å²) in [5.41, 5.74) is 5.86. The quantitative estimate of drug-likeness (QED) is 0.587. The van der Waals surface area contributed by atoms with Crippen LogP contribution in [0.15, 0.2) is 18.3 Å². The lowest BCUT2D eigenvalue weighted by atomic mass is 10.2. The third-order valence-electron chi connectivity index (χ3n) is 1.91. The maximum atomic E-state index is 11.5. The number of rotatable bonds is 5. The predicted molar refractivity (Wildman–Crippen MR) is 59.9 cm³/mol. The minimum Gasteiger partial charge on any atom is -0.352 e. The average Bonchev–Trinajstić information content (AvgIpc) is 2.25. The standard InChI is InChI=1S/C10H14ClN3O/c11-9-4-3-8(7-14-9)10(15)13-6-2-1-5-12/h3-4,7H,1-2,5-6,12H2,(H,13,15). The minimum atomic E-state index is -0.129. The Labute approximate surface area is 93.8 Å². The van der Waals surface area contributed by atoms with Crippen LogP contribution >= 0.6 is 11.6 Å². The summed E-state index contributed by atoms with van der Waals surface area (Å²) in [5.74, 6) is -0.129. The van der Waals surface area contributed by atoms with Crippen molar-refractivity contribution < 1.29 is 4.79 Å². The zero-order valence-electron chi connectivity index (χ0n) is 8.37. The molecule has 0 bridgehead atoms. The van der Waals surface area contributed by atoms with Crippen LogP contribution in [-0.2, 0) is 0 Å². The fourth-order valence-corrected chi connectivity index (χ4v) is 1.20. The van der Waals surface area contributed by atoms with Crippen molar-refractivity contribution in [3.05, 3.63) is 29.0 Å². The van der Waals surface area contributed by atoms with Crippen molar-refractivity contribution in [3.8, 4) is 0 Å². The van der Waals surface area contributed by atoms with E-state index in [1.54, 1.807) is 12.1 Å². The van der Waals surface area contributed by atoms with Gasteiger partial charge in [-0.1, -0.05) is 11.6 Å². The number of aromatic nitrogens is 1. The number of hydrogen-bond donors (Lipinski definition) is 2.